The molecule has 0 unspecified atom stereocenters. The first-order chi connectivity index (χ1) is 9.77. The number of aromatic nitrogens is 1. The molecule has 0 aliphatic carbocycles. The Balaban J connectivity index is 1.82. The predicted octanol–water partition coefficient (Wildman–Crippen LogP) is 1.75. The van der Waals surface area contributed by atoms with Crippen molar-refractivity contribution in [2.45, 2.75) is 25.0 Å². The quantitative estimate of drug-likeness (QED) is 0.834. The van der Waals surface area contributed by atoms with Gasteiger partial charge in [0, 0.05) is 25.5 Å². The fourth-order valence-corrected chi connectivity index (χ4v) is 2.99. The minimum absolute atomic E-state index is 0.0250. The van der Waals surface area contributed by atoms with Gasteiger partial charge in [0.1, 0.15) is 0 Å². The molecule has 0 N–H and O–H groups in total. The highest BCUT2D eigenvalue weighted by molar-refractivity contribution is 6.33. The second-order valence-electron chi connectivity index (χ2n) is 5.05. The lowest BCUT2D eigenvalue weighted by Gasteiger charge is -2.38. The molecule has 0 bridgehead atoms. The Labute approximate surface area is 122 Å². The zero-order valence-electron chi connectivity index (χ0n) is 11.1. The first-order valence-corrected chi connectivity index (χ1v) is 7.25. The van der Waals surface area contributed by atoms with E-state index in [4.69, 9.17) is 21.1 Å². The van der Waals surface area contributed by atoms with Crippen molar-refractivity contribution < 1.29 is 14.3 Å². The van der Waals surface area contributed by atoms with Crippen LogP contribution in [0.1, 0.15) is 23.2 Å². The van der Waals surface area contributed by atoms with Gasteiger partial charge in [0.2, 0.25) is 0 Å². The maximum atomic E-state index is 12.7. The second kappa shape index (κ2) is 6.08. The zero-order valence-corrected chi connectivity index (χ0v) is 11.9. The lowest BCUT2D eigenvalue weighted by atomic mass is 10.0. The number of morpholine rings is 1. The van der Waals surface area contributed by atoms with Crippen LogP contribution < -0.4 is 0 Å². The van der Waals surface area contributed by atoms with Gasteiger partial charge >= 0.3 is 0 Å². The van der Waals surface area contributed by atoms with Gasteiger partial charge in [-0.1, -0.05) is 11.6 Å². The van der Waals surface area contributed by atoms with Crippen molar-refractivity contribution in [3.8, 4) is 0 Å². The van der Waals surface area contributed by atoms with Crippen LogP contribution >= 0.6 is 11.6 Å². The molecule has 0 aromatic carbocycles. The highest BCUT2D eigenvalue weighted by atomic mass is 35.5. The van der Waals surface area contributed by atoms with E-state index in [0.717, 1.165) is 19.4 Å². The van der Waals surface area contributed by atoms with Crippen molar-refractivity contribution >= 4 is 17.5 Å². The van der Waals surface area contributed by atoms with Gasteiger partial charge in [-0.15, -0.1) is 0 Å². The lowest BCUT2D eigenvalue weighted by Crippen LogP contribution is -2.54. The Kier molecular flexibility index (Phi) is 4.19. The van der Waals surface area contributed by atoms with Crippen molar-refractivity contribution in [3.05, 3.63) is 29.0 Å². The van der Waals surface area contributed by atoms with Crippen LogP contribution in [0, 0.1) is 0 Å². The van der Waals surface area contributed by atoms with Crippen LogP contribution in [0.4, 0.5) is 0 Å². The Morgan fingerprint density at radius 1 is 1.45 bits per heavy atom. The van der Waals surface area contributed by atoms with Crippen LogP contribution in [-0.2, 0) is 9.47 Å². The van der Waals surface area contributed by atoms with E-state index in [1.54, 1.807) is 12.3 Å². The number of carbonyl (C=O) groups is 1. The number of hydrogen-bond donors (Lipinski definition) is 0. The molecular weight excluding hydrogens is 280 g/mol. The number of amides is 1. The Bertz CT molecular complexity index is 491. The third-order valence-electron chi connectivity index (χ3n) is 3.82. The smallest absolute Gasteiger partial charge is 0.255 e. The summed E-state index contributed by atoms with van der Waals surface area (Å²) in [5.74, 6) is -0.0683. The van der Waals surface area contributed by atoms with Crippen LogP contribution in [-0.4, -0.2) is 54.3 Å². The molecule has 2 aliphatic heterocycles. The van der Waals surface area contributed by atoms with E-state index in [9.17, 15) is 4.79 Å². The largest absolute Gasteiger partial charge is 0.377 e. The van der Waals surface area contributed by atoms with Gasteiger partial charge in [-0.05, 0) is 18.9 Å². The number of hydrogen-bond acceptors (Lipinski definition) is 4. The molecule has 6 heteroatoms. The standard InChI is InChI=1S/C14H17ClN2O3/c15-11-8-16-4-3-10(11)14(18)17-5-7-19-9-12(17)13-2-1-6-20-13/h3-4,8,12-13H,1-2,5-7,9H2/t12-,13+/m0/s1. The van der Waals surface area contributed by atoms with Crippen molar-refractivity contribution in [2.75, 3.05) is 26.4 Å². The monoisotopic (exact) mass is 296 g/mol. The van der Waals surface area contributed by atoms with Gasteiger partial charge in [-0.2, -0.15) is 0 Å². The summed E-state index contributed by atoms with van der Waals surface area (Å²) in [6, 6.07) is 1.63. The number of rotatable bonds is 2. The molecular formula is C14H17ClN2O3. The van der Waals surface area contributed by atoms with E-state index >= 15 is 0 Å². The summed E-state index contributed by atoms with van der Waals surface area (Å²) in [6.07, 6.45) is 5.16. The van der Waals surface area contributed by atoms with Crippen LogP contribution in [0.15, 0.2) is 18.5 Å². The summed E-state index contributed by atoms with van der Waals surface area (Å²) in [5.41, 5.74) is 0.492. The highest BCUT2D eigenvalue weighted by Crippen LogP contribution is 2.25. The van der Waals surface area contributed by atoms with E-state index < -0.39 is 0 Å². The summed E-state index contributed by atoms with van der Waals surface area (Å²) in [7, 11) is 0. The van der Waals surface area contributed by atoms with Crippen molar-refractivity contribution in [1.82, 2.24) is 9.88 Å². The second-order valence-corrected chi connectivity index (χ2v) is 5.46. The number of ether oxygens (including phenoxy) is 2. The summed E-state index contributed by atoms with van der Waals surface area (Å²) in [5, 5.41) is 0.384. The van der Waals surface area contributed by atoms with Gasteiger partial charge in [0.25, 0.3) is 5.91 Å². The first kappa shape index (κ1) is 13.8. The molecule has 2 aliphatic rings. The number of carbonyl (C=O) groups excluding carboxylic acids is 1. The van der Waals surface area contributed by atoms with E-state index in [1.807, 2.05) is 4.90 Å². The third-order valence-corrected chi connectivity index (χ3v) is 4.12. The fraction of sp³-hybridized carbons (Fsp3) is 0.571. The van der Waals surface area contributed by atoms with Crippen LogP contribution in [0.5, 0.6) is 0 Å². The van der Waals surface area contributed by atoms with Gasteiger partial charge in [0.05, 0.1) is 35.9 Å². The maximum absolute atomic E-state index is 12.7. The molecule has 1 amide bonds. The minimum atomic E-state index is -0.0683. The van der Waals surface area contributed by atoms with E-state index in [-0.39, 0.29) is 18.1 Å². The Morgan fingerprint density at radius 3 is 3.10 bits per heavy atom. The molecule has 2 atom stereocenters. The number of halogens is 1. The Morgan fingerprint density at radius 2 is 2.35 bits per heavy atom. The fourth-order valence-electron chi connectivity index (χ4n) is 2.79. The summed E-state index contributed by atoms with van der Waals surface area (Å²) in [6.45, 7) is 2.41. The summed E-state index contributed by atoms with van der Waals surface area (Å²) < 4.78 is 11.2. The predicted molar refractivity (Wildman–Crippen MR) is 73.9 cm³/mol. The van der Waals surface area contributed by atoms with E-state index in [0.29, 0.717) is 30.3 Å². The molecule has 3 heterocycles. The van der Waals surface area contributed by atoms with Crippen LogP contribution in [0.25, 0.3) is 0 Å². The van der Waals surface area contributed by atoms with Crippen LogP contribution in [0.3, 0.4) is 0 Å². The topological polar surface area (TPSA) is 51.7 Å². The molecule has 1 aromatic rings. The molecule has 1 aromatic heterocycles. The SMILES string of the molecule is O=C(c1ccncc1Cl)N1CCOC[C@H]1[C@H]1CCCO1. The number of pyridine rings is 1. The van der Waals surface area contributed by atoms with Crippen molar-refractivity contribution in [1.29, 1.82) is 0 Å². The average molecular weight is 297 g/mol. The van der Waals surface area contributed by atoms with E-state index in [1.165, 1.54) is 6.20 Å². The Hall–Kier alpha value is -1.17. The summed E-state index contributed by atoms with van der Waals surface area (Å²) in [4.78, 5) is 18.4. The van der Waals surface area contributed by atoms with Gasteiger partial charge < -0.3 is 14.4 Å². The van der Waals surface area contributed by atoms with Gasteiger partial charge in [-0.3, -0.25) is 9.78 Å². The van der Waals surface area contributed by atoms with Gasteiger partial charge in [-0.25, -0.2) is 0 Å². The summed E-state index contributed by atoms with van der Waals surface area (Å²) >= 11 is 6.07. The highest BCUT2D eigenvalue weighted by Gasteiger charge is 2.36. The molecule has 2 fully saturated rings. The lowest BCUT2D eigenvalue weighted by molar-refractivity contribution is -0.0530. The third kappa shape index (κ3) is 2.66. The zero-order chi connectivity index (χ0) is 13.9. The minimum Gasteiger partial charge on any atom is -0.377 e. The average Bonchev–Trinajstić information content (AvgIpc) is 3.01. The number of nitrogens with zero attached hydrogens (tertiary/aromatic N) is 2. The maximum Gasteiger partial charge on any atom is 0.255 e. The molecule has 0 saturated carbocycles. The first-order valence-electron chi connectivity index (χ1n) is 6.87. The molecule has 108 valence electrons. The molecule has 0 spiro atoms. The molecule has 0 radical (unpaired) electrons. The van der Waals surface area contributed by atoms with Crippen LogP contribution in [0.2, 0.25) is 5.02 Å². The van der Waals surface area contributed by atoms with Gasteiger partial charge in [0.15, 0.2) is 0 Å². The normalized spacial score (nSPS) is 26.8. The van der Waals surface area contributed by atoms with E-state index in [2.05, 4.69) is 4.98 Å². The molecule has 5 nitrogen and oxygen atoms in total. The van der Waals surface area contributed by atoms with Crippen molar-refractivity contribution in [3.63, 3.8) is 0 Å². The molecule has 20 heavy (non-hydrogen) atoms. The molecule has 2 saturated heterocycles. The van der Waals surface area contributed by atoms with Crippen molar-refractivity contribution in [2.24, 2.45) is 0 Å². The molecule has 3 rings (SSSR count).